The third kappa shape index (κ3) is 4.11. The van der Waals surface area contributed by atoms with Crippen LogP contribution in [-0.4, -0.2) is 22.5 Å². The second kappa shape index (κ2) is 8.14. The number of carbonyl (C=O) groups is 3. The van der Waals surface area contributed by atoms with Crippen molar-refractivity contribution in [3.63, 3.8) is 0 Å². The number of Topliss-reactive ketones (excluding diaryl/α,β-unsaturated/α-hetero) is 2. The van der Waals surface area contributed by atoms with E-state index in [0.29, 0.717) is 22.5 Å². The first kappa shape index (κ1) is 20.1. The van der Waals surface area contributed by atoms with Crippen LogP contribution in [0, 0.1) is 0 Å². The van der Waals surface area contributed by atoms with E-state index in [1.54, 1.807) is 48.5 Å². The molecule has 0 radical (unpaired) electrons. The quantitative estimate of drug-likeness (QED) is 0.444. The second-order valence-corrected chi connectivity index (χ2v) is 6.41. The number of amides is 1. The summed E-state index contributed by atoms with van der Waals surface area (Å²) in [5, 5.41) is 4.36. The van der Waals surface area contributed by atoms with E-state index >= 15 is 0 Å². The lowest BCUT2D eigenvalue weighted by atomic mass is 10.1. The van der Waals surface area contributed by atoms with Gasteiger partial charge in [-0.05, 0) is 55.5 Å². The lowest BCUT2D eigenvalue weighted by Crippen LogP contribution is -2.11. The molecule has 29 heavy (non-hydrogen) atoms. The highest BCUT2D eigenvalue weighted by atomic mass is 16.3. The van der Waals surface area contributed by atoms with Crippen molar-refractivity contribution in [1.29, 1.82) is 0 Å². The lowest BCUT2D eigenvalue weighted by molar-refractivity contribution is 0.0986. The second-order valence-electron chi connectivity index (χ2n) is 6.41. The molecule has 6 heteroatoms. The Bertz CT molecular complexity index is 1230. The van der Waals surface area contributed by atoms with Crippen molar-refractivity contribution in [3.05, 3.63) is 65.5 Å². The molecule has 0 spiro atoms. The summed E-state index contributed by atoms with van der Waals surface area (Å²) in [4.78, 5) is 38.5. The number of fused-ring (bicyclic) bond motifs is 2. The predicted octanol–water partition coefficient (Wildman–Crippen LogP) is 5.60. The van der Waals surface area contributed by atoms with Gasteiger partial charge >= 0.3 is 0 Å². The van der Waals surface area contributed by atoms with Crippen LogP contribution in [0.1, 0.15) is 59.1 Å². The molecule has 2 N–H and O–H groups in total. The van der Waals surface area contributed by atoms with E-state index in [0.717, 1.165) is 16.3 Å². The Morgan fingerprint density at radius 1 is 0.862 bits per heavy atom. The summed E-state index contributed by atoms with van der Waals surface area (Å²) in [7, 11) is 0. The van der Waals surface area contributed by atoms with Crippen LogP contribution >= 0.6 is 0 Å². The number of nitrogens with one attached hydrogen (secondary N) is 2. The Hall–Kier alpha value is -3.67. The molecule has 0 saturated carbocycles. The van der Waals surface area contributed by atoms with Gasteiger partial charge in [0.05, 0.1) is 0 Å². The Morgan fingerprint density at radius 3 is 2.31 bits per heavy atom. The smallest absolute Gasteiger partial charge is 0.272 e. The largest absolute Gasteiger partial charge is 0.453 e. The molecule has 2 heterocycles. The van der Waals surface area contributed by atoms with Crippen molar-refractivity contribution in [3.8, 4) is 0 Å². The van der Waals surface area contributed by atoms with E-state index in [-0.39, 0.29) is 23.2 Å². The fourth-order valence-electron chi connectivity index (χ4n) is 2.97. The lowest BCUT2D eigenvalue weighted by Gasteiger charge is -2.03. The molecule has 0 bridgehead atoms. The number of furan rings is 1. The van der Waals surface area contributed by atoms with Crippen LogP contribution in [-0.2, 0) is 0 Å². The molecule has 148 valence electrons. The van der Waals surface area contributed by atoms with Crippen LogP contribution in [0.25, 0.3) is 21.9 Å². The summed E-state index contributed by atoms with van der Waals surface area (Å²) in [5.41, 5.74) is 2.94. The summed E-state index contributed by atoms with van der Waals surface area (Å²) in [5.74, 6) is -0.196. The zero-order valence-electron chi connectivity index (χ0n) is 16.8. The highest BCUT2D eigenvalue weighted by Gasteiger charge is 2.13. The van der Waals surface area contributed by atoms with E-state index in [2.05, 4.69) is 10.3 Å². The van der Waals surface area contributed by atoms with Crippen LogP contribution in [0.15, 0.2) is 52.9 Å². The van der Waals surface area contributed by atoms with Crippen molar-refractivity contribution in [2.75, 3.05) is 5.32 Å². The first-order chi connectivity index (χ1) is 13.9. The fourth-order valence-corrected chi connectivity index (χ4v) is 2.97. The van der Waals surface area contributed by atoms with Crippen LogP contribution in [0.2, 0.25) is 0 Å². The van der Waals surface area contributed by atoms with Crippen molar-refractivity contribution >= 4 is 45.0 Å². The van der Waals surface area contributed by atoms with Gasteiger partial charge in [0.15, 0.2) is 17.3 Å². The Morgan fingerprint density at radius 2 is 1.62 bits per heavy atom. The van der Waals surface area contributed by atoms with Gasteiger partial charge in [0.25, 0.3) is 5.91 Å². The van der Waals surface area contributed by atoms with Gasteiger partial charge in [-0.1, -0.05) is 13.8 Å². The number of hydrogen-bond donors (Lipinski definition) is 2. The van der Waals surface area contributed by atoms with E-state index < -0.39 is 0 Å². The zero-order chi connectivity index (χ0) is 21.1. The fraction of sp³-hybridized carbons (Fsp3) is 0.174. The maximum atomic E-state index is 12.6. The number of hydrogen-bond acceptors (Lipinski definition) is 4. The van der Waals surface area contributed by atoms with Gasteiger partial charge in [-0.25, -0.2) is 0 Å². The van der Waals surface area contributed by atoms with Crippen molar-refractivity contribution in [2.24, 2.45) is 0 Å². The van der Waals surface area contributed by atoms with Crippen LogP contribution < -0.4 is 5.32 Å². The predicted molar refractivity (Wildman–Crippen MR) is 114 cm³/mol. The number of benzene rings is 2. The van der Waals surface area contributed by atoms with Gasteiger partial charge in [0, 0.05) is 34.5 Å². The van der Waals surface area contributed by atoms with Gasteiger partial charge in [0.1, 0.15) is 11.3 Å². The molecule has 2 aromatic heterocycles. The molecule has 0 fully saturated rings. The molecule has 0 saturated heterocycles. The summed E-state index contributed by atoms with van der Waals surface area (Å²) < 4.78 is 5.45. The third-order valence-electron chi connectivity index (χ3n) is 4.39. The van der Waals surface area contributed by atoms with Crippen LogP contribution in [0.5, 0.6) is 0 Å². The molecule has 0 atom stereocenters. The minimum Gasteiger partial charge on any atom is -0.453 e. The molecule has 0 unspecified atom stereocenters. The monoisotopic (exact) mass is 390 g/mol. The Balaban J connectivity index is 0.00000117. The summed E-state index contributed by atoms with van der Waals surface area (Å²) in [6, 6.07) is 13.8. The van der Waals surface area contributed by atoms with Crippen molar-refractivity contribution < 1.29 is 18.8 Å². The third-order valence-corrected chi connectivity index (χ3v) is 4.39. The number of aromatic nitrogens is 1. The highest BCUT2D eigenvalue weighted by molar-refractivity contribution is 6.07. The van der Waals surface area contributed by atoms with Crippen molar-refractivity contribution in [2.45, 2.75) is 27.7 Å². The normalized spacial score (nSPS) is 10.5. The number of rotatable bonds is 4. The topological polar surface area (TPSA) is 92.2 Å². The Labute approximate surface area is 167 Å². The van der Waals surface area contributed by atoms with E-state index in [1.165, 1.54) is 13.8 Å². The molecular formula is C23H22N2O4. The number of ketones is 2. The Kier molecular flexibility index (Phi) is 5.64. The van der Waals surface area contributed by atoms with Gasteiger partial charge < -0.3 is 14.7 Å². The summed E-state index contributed by atoms with van der Waals surface area (Å²) in [6.45, 7) is 6.94. The number of carbonyl (C=O) groups excluding carboxylic acids is 3. The molecule has 0 aliphatic rings. The number of H-pyrrole nitrogens is 1. The summed E-state index contributed by atoms with van der Waals surface area (Å²) in [6.07, 6.45) is 0. The molecule has 2 aromatic carbocycles. The first-order valence-corrected chi connectivity index (χ1v) is 9.40. The minimum absolute atomic E-state index is 0.0255. The average molecular weight is 390 g/mol. The molecule has 4 aromatic rings. The SMILES string of the molecule is CC.CC(=O)c1ccc2[nH]c(C(=O)Nc3ccc4oc(C(C)=O)cc4c3)cc2c1. The van der Waals surface area contributed by atoms with E-state index in [9.17, 15) is 14.4 Å². The van der Waals surface area contributed by atoms with E-state index in [4.69, 9.17) is 4.42 Å². The molecule has 4 rings (SSSR count). The van der Waals surface area contributed by atoms with Gasteiger partial charge in [0.2, 0.25) is 0 Å². The zero-order valence-corrected chi connectivity index (χ0v) is 16.8. The van der Waals surface area contributed by atoms with Gasteiger partial charge in [-0.3, -0.25) is 14.4 Å². The molecule has 0 aliphatic carbocycles. The average Bonchev–Trinajstić information content (AvgIpc) is 3.32. The van der Waals surface area contributed by atoms with Crippen molar-refractivity contribution in [1.82, 2.24) is 4.98 Å². The van der Waals surface area contributed by atoms with Gasteiger partial charge in [-0.15, -0.1) is 0 Å². The molecule has 6 nitrogen and oxygen atoms in total. The van der Waals surface area contributed by atoms with Crippen LogP contribution in [0.3, 0.4) is 0 Å². The standard InChI is InChI=1S/C21H16N2O4.C2H6/c1-11(24)13-3-5-17-14(7-13)9-18(23-17)21(26)22-16-4-6-19-15(8-16)10-20(27-19)12(2)25;1-2/h3-10,23H,1-2H3,(H,22,26);1-2H3. The number of aromatic amines is 1. The molecule has 1 amide bonds. The van der Waals surface area contributed by atoms with Crippen LogP contribution in [0.4, 0.5) is 5.69 Å². The first-order valence-electron chi connectivity index (χ1n) is 9.40. The van der Waals surface area contributed by atoms with E-state index in [1.807, 2.05) is 13.8 Å². The molecular weight excluding hydrogens is 368 g/mol. The summed E-state index contributed by atoms with van der Waals surface area (Å²) >= 11 is 0. The number of anilines is 1. The minimum atomic E-state index is -0.301. The molecule has 0 aliphatic heterocycles. The highest BCUT2D eigenvalue weighted by Crippen LogP contribution is 2.24. The van der Waals surface area contributed by atoms with Gasteiger partial charge in [-0.2, -0.15) is 0 Å². The maximum absolute atomic E-state index is 12.6. The maximum Gasteiger partial charge on any atom is 0.272 e.